The van der Waals surface area contributed by atoms with Gasteiger partial charge in [-0.3, -0.25) is 24.6 Å². The van der Waals surface area contributed by atoms with Gasteiger partial charge in [-0.25, -0.2) is 4.39 Å². The molecule has 2 aromatic rings. The summed E-state index contributed by atoms with van der Waals surface area (Å²) in [6.45, 7) is 2.80. The number of likely N-dealkylation sites (tertiary alicyclic amines) is 1. The van der Waals surface area contributed by atoms with Gasteiger partial charge in [0.15, 0.2) is 0 Å². The number of nitrogens with zero attached hydrogens (tertiary/aromatic N) is 2. The first-order valence-electron chi connectivity index (χ1n) is 9.66. The zero-order valence-corrected chi connectivity index (χ0v) is 16.6. The van der Waals surface area contributed by atoms with Gasteiger partial charge in [-0.05, 0) is 38.0 Å². The van der Waals surface area contributed by atoms with E-state index in [9.17, 15) is 24.1 Å². The highest BCUT2D eigenvalue weighted by Gasteiger charge is 2.24. The van der Waals surface area contributed by atoms with Gasteiger partial charge in [0.2, 0.25) is 5.91 Å². The largest absolute Gasteiger partial charge is 0.349 e. The summed E-state index contributed by atoms with van der Waals surface area (Å²) in [4.78, 5) is 36.9. The van der Waals surface area contributed by atoms with Crippen LogP contribution in [0.1, 0.15) is 28.8 Å². The molecule has 1 heterocycles. The van der Waals surface area contributed by atoms with E-state index in [1.54, 1.807) is 0 Å². The van der Waals surface area contributed by atoms with Crippen molar-refractivity contribution >= 4 is 23.2 Å². The molecule has 0 saturated carbocycles. The van der Waals surface area contributed by atoms with Crippen LogP contribution >= 0.6 is 0 Å². The van der Waals surface area contributed by atoms with Crippen molar-refractivity contribution in [3.8, 4) is 0 Å². The van der Waals surface area contributed by atoms with Gasteiger partial charge in [-0.2, -0.15) is 0 Å². The second-order valence-electron chi connectivity index (χ2n) is 7.30. The molecule has 0 atom stereocenters. The van der Waals surface area contributed by atoms with Crippen molar-refractivity contribution in [2.75, 3.05) is 25.0 Å². The number of para-hydroxylation sites is 1. The zero-order chi connectivity index (χ0) is 21.7. The van der Waals surface area contributed by atoms with Crippen molar-refractivity contribution in [1.82, 2.24) is 10.2 Å². The molecule has 0 aliphatic carbocycles. The average Bonchev–Trinajstić information content (AvgIpc) is 2.71. The number of hydrogen-bond donors (Lipinski definition) is 2. The topological polar surface area (TPSA) is 105 Å². The third-order valence-electron chi connectivity index (χ3n) is 5.12. The van der Waals surface area contributed by atoms with Crippen LogP contribution in [0.3, 0.4) is 0 Å². The van der Waals surface area contributed by atoms with Crippen LogP contribution in [-0.2, 0) is 4.79 Å². The molecule has 30 heavy (non-hydrogen) atoms. The Morgan fingerprint density at radius 3 is 2.50 bits per heavy atom. The molecule has 0 radical (unpaired) electrons. The molecule has 3 rings (SSSR count). The monoisotopic (exact) mass is 414 g/mol. The van der Waals surface area contributed by atoms with Gasteiger partial charge in [-0.1, -0.05) is 18.2 Å². The Labute approximate surface area is 173 Å². The van der Waals surface area contributed by atoms with E-state index >= 15 is 0 Å². The van der Waals surface area contributed by atoms with Gasteiger partial charge in [-0.15, -0.1) is 0 Å². The molecule has 0 bridgehead atoms. The number of nitro benzene ring substituents is 1. The van der Waals surface area contributed by atoms with E-state index in [-0.39, 0.29) is 29.6 Å². The SMILES string of the molecule is Cc1c(F)cc(C(=O)NC2CCN(CC(=O)Nc3ccccc3)CC2)cc1[N+](=O)[O-]. The van der Waals surface area contributed by atoms with Crippen LogP contribution in [0.5, 0.6) is 0 Å². The van der Waals surface area contributed by atoms with Gasteiger partial charge in [0.05, 0.1) is 17.0 Å². The van der Waals surface area contributed by atoms with E-state index in [1.165, 1.54) is 6.92 Å². The first kappa shape index (κ1) is 21.4. The highest BCUT2D eigenvalue weighted by atomic mass is 19.1. The molecule has 158 valence electrons. The van der Waals surface area contributed by atoms with Gasteiger partial charge in [0.1, 0.15) is 5.82 Å². The molecule has 1 fully saturated rings. The number of benzene rings is 2. The summed E-state index contributed by atoms with van der Waals surface area (Å²) < 4.78 is 13.9. The number of piperidine rings is 1. The summed E-state index contributed by atoms with van der Waals surface area (Å²) in [6.07, 6.45) is 1.25. The summed E-state index contributed by atoms with van der Waals surface area (Å²) in [5, 5.41) is 16.7. The first-order chi connectivity index (χ1) is 14.3. The number of amides is 2. The van der Waals surface area contributed by atoms with Crippen LogP contribution in [0.15, 0.2) is 42.5 Å². The first-order valence-corrected chi connectivity index (χ1v) is 9.66. The Hall–Kier alpha value is -3.33. The van der Waals surface area contributed by atoms with Crippen LogP contribution < -0.4 is 10.6 Å². The Kier molecular flexibility index (Phi) is 6.73. The Balaban J connectivity index is 1.50. The molecule has 2 aromatic carbocycles. The Bertz CT molecular complexity index is 944. The summed E-state index contributed by atoms with van der Waals surface area (Å²) in [6, 6.07) is 11.2. The van der Waals surface area contributed by atoms with E-state index in [1.807, 2.05) is 35.2 Å². The predicted molar refractivity (Wildman–Crippen MR) is 110 cm³/mol. The molecular weight excluding hydrogens is 391 g/mol. The lowest BCUT2D eigenvalue weighted by Gasteiger charge is -2.31. The van der Waals surface area contributed by atoms with E-state index in [2.05, 4.69) is 10.6 Å². The third-order valence-corrected chi connectivity index (χ3v) is 5.12. The van der Waals surface area contributed by atoms with Gasteiger partial charge >= 0.3 is 0 Å². The second kappa shape index (κ2) is 9.45. The van der Waals surface area contributed by atoms with Crippen LogP contribution in [-0.4, -0.2) is 47.3 Å². The molecule has 1 aliphatic rings. The van der Waals surface area contributed by atoms with Crippen molar-refractivity contribution in [2.24, 2.45) is 0 Å². The van der Waals surface area contributed by atoms with Crippen molar-refractivity contribution in [3.63, 3.8) is 0 Å². The highest BCUT2D eigenvalue weighted by Crippen LogP contribution is 2.23. The fourth-order valence-corrected chi connectivity index (χ4v) is 3.41. The minimum absolute atomic E-state index is 0.0746. The summed E-state index contributed by atoms with van der Waals surface area (Å²) in [5.74, 6) is -1.43. The van der Waals surface area contributed by atoms with Crippen molar-refractivity contribution in [1.29, 1.82) is 0 Å². The second-order valence-corrected chi connectivity index (χ2v) is 7.30. The maximum Gasteiger partial charge on any atom is 0.276 e. The Morgan fingerprint density at radius 2 is 1.87 bits per heavy atom. The molecule has 9 heteroatoms. The van der Waals surface area contributed by atoms with Gasteiger partial charge < -0.3 is 10.6 Å². The normalized spacial score (nSPS) is 14.9. The third kappa shape index (κ3) is 5.38. The summed E-state index contributed by atoms with van der Waals surface area (Å²) in [5.41, 5.74) is 0.150. The lowest BCUT2D eigenvalue weighted by molar-refractivity contribution is -0.385. The Morgan fingerprint density at radius 1 is 1.20 bits per heavy atom. The van der Waals surface area contributed by atoms with E-state index in [0.29, 0.717) is 25.9 Å². The maximum atomic E-state index is 13.9. The lowest BCUT2D eigenvalue weighted by Crippen LogP contribution is -2.46. The fraction of sp³-hybridized carbons (Fsp3) is 0.333. The zero-order valence-electron chi connectivity index (χ0n) is 16.6. The molecular formula is C21H23FN4O4. The quantitative estimate of drug-likeness (QED) is 0.559. The molecule has 2 amide bonds. The number of carbonyl (C=O) groups excluding carboxylic acids is 2. The van der Waals surface area contributed by atoms with Crippen LogP contribution in [0.4, 0.5) is 15.8 Å². The van der Waals surface area contributed by atoms with Crippen molar-refractivity contribution < 1.29 is 18.9 Å². The number of hydrogen-bond acceptors (Lipinski definition) is 5. The van der Waals surface area contributed by atoms with Crippen LogP contribution in [0, 0.1) is 22.9 Å². The smallest absolute Gasteiger partial charge is 0.276 e. The average molecular weight is 414 g/mol. The number of halogens is 1. The predicted octanol–water partition coefficient (Wildman–Crippen LogP) is 2.88. The van der Waals surface area contributed by atoms with E-state index in [0.717, 1.165) is 17.8 Å². The fourth-order valence-electron chi connectivity index (χ4n) is 3.41. The highest BCUT2D eigenvalue weighted by molar-refractivity contribution is 5.95. The number of nitrogens with one attached hydrogen (secondary N) is 2. The van der Waals surface area contributed by atoms with Gasteiger partial charge in [0, 0.05) is 36.4 Å². The summed E-state index contributed by atoms with van der Waals surface area (Å²) in [7, 11) is 0. The van der Waals surface area contributed by atoms with E-state index in [4.69, 9.17) is 0 Å². The molecule has 2 N–H and O–H groups in total. The summed E-state index contributed by atoms with van der Waals surface area (Å²) >= 11 is 0. The standard InChI is InChI=1S/C21H23FN4O4/c1-14-18(22)11-15(12-19(14)26(29)30)21(28)24-17-7-9-25(10-8-17)13-20(27)23-16-5-3-2-4-6-16/h2-6,11-12,17H,7-10,13H2,1H3,(H,23,27)(H,24,28). The molecule has 1 saturated heterocycles. The number of anilines is 1. The van der Waals surface area contributed by atoms with Crippen LogP contribution in [0.2, 0.25) is 0 Å². The molecule has 0 unspecified atom stereocenters. The van der Waals surface area contributed by atoms with Crippen molar-refractivity contribution in [2.45, 2.75) is 25.8 Å². The lowest BCUT2D eigenvalue weighted by atomic mass is 10.0. The van der Waals surface area contributed by atoms with Crippen LogP contribution in [0.25, 0.3) is 0 Å². The van der Waals surface area contributed by atoms with Gasteiger partial charge in [0.25, 0.3) is 11.6 Å². The molecule has 0 aromatic heterocycles. The minimum Gasteiger partial charge on any atom is -0.349 e. The van der Waals surface area contributed by atoms with E-state index < -0.39 is 22.3 Å². The molecule has 8 nitrogen and oxygen atoms in total. The molecule has 1 aliphatic heterocycles. The maximum absolute atomic E-state index is 13.9. The number of rotatable bonds is 6. The number of carbonyl (C=O) groups is 2. The number of nitro groups is 1. The van der Waals surface area contributed by atoms with Crippen molar-refractivity contribution in [3.05, 3.63) is 69.5 Å². The minimum atomic E-state index is -0.784. The molecule has 0 spiro atoms.